The fourth-order valence-corrected chi connectivity index (χ4v) is 1.77. The molecule has 0 radical (unpaired) electrons. The van der Waals surface area contributed by atoms with Crippen molar-refractivity contribution in [2.24, 2.45) is 0 Å². The fourth-order valence-electron chi connectivity index (χ4n) is 1.77. The van der Waals surface area contributed by atoms with E-state index in [9.17, 15) is 0 Å². The molecule has 1 heterocycles. The summed E-state index contributed by atoms with van der Waals surface area (Å²) >= 11 is 0. The molecule has 1 aliphatic heterocycles. The van der Waals surface area contributed by atoms with Crippen molar-refractivity contribution in [3.8, 4) is 0 Å². The van der Waals surface area contributed by atoms with Crippen molar-refractivity contribution in [3.63, 3.8) is 0 Å². The Hall–Kier alpha value is -0.120. The summed E-state index contributed by atoms with van der Waals surface area (Å²) in [4.78, 5) is 4.91. The van der Waals surface area contributed by atoms with Crippen LogP contribution in [0.1, 0.15) is 19.8 Å². The molecule has 1 rings (SSSR count). The van der Waals surface area contributed by atoms with Gasteiger partial charge in [-0.1, -0.05) is 0 Å². The number of piperazine rings is 1. The van der Waals surface area contributed by atoms with Crippen molar-refractivity contribution in [2.45, 2.75) is 25.8 Å². The van der Waals surface area contributed by atoms with Crippen LogP contribution in [-0.4, -0.2) is 60.8 Å². The summed E-state index contributed by atoms with van der Waals surface area (Å²) in [7, 11) is 2.19. The van der Waals surface area contributed by atoms with E-state index in [0.29, 0.717) is 12.6 Å². The van der Waals surface area contributed by atoms with E-state index in [0.717, 1.165) is 19.4 Å². The van der Waals surface area contributed by atoms with Crippen LogP contribution in [0, 0.1) is 0 Å². The standard InChI is InChI=1S/C10H22N2O/c1-10-9-12(5-3-4-8-13)7-6-11(10)2/h10,13H,3-9H2,1-2H3. The van der Waals surface area contributed by atoms with Crippen LogP contribution in [0.25, 0.3) is 0 Å². The molecule has 0 aliphatic carbocycles. The first-order chi connectivity index (χ1) is 6.24. The third-order valence-corrected chi connectivity index (χ3v) is 2.93. The van der Waals surface area contributed by atoms with Gasteiger partial charge in [-0.15, -0.1) is 0 Å². The van der Waals surface area contributed by atoms with Gasteiger partial charge in [0.1, 0.15) is 0 Å². The maximum Gasteiger partial charge on any atom is 0.0431 e. The molecule has 0 spiro atoms. The normalized spacial score (nSPS) is 26.5. The molecule has 0 amide bonds. The summed E-state index contributed by atoms with van der Waals surface area (Å²) in [5.41, 5.74) is 0. The second-order valence-electron chi connectivity index (χ2n) is 4.06. The van der Waals surface area contributed by atoms with Crippen LogP contribution < -0.4 is 0 Å². The minimum absolute atomic E-state index is 0.337. The van der Waals surface area contributed by atoms with E-state index < -0.39 is 0 Å². The first kappa shape index (κ1) is 11.0. The Morgan fingerprint density at radius 2 is 2.08 bits per heavy atom. The molecule has 0 aromatic rings. The Bertz CT molecular complexity index is 141. The summed E-state index contributed by atoms with van der Waals surface area (Å²) < 4.78 is 0. The molecule has 1 fully saturated rings. The highest BCUT2D eigenvalue weighted by molar-refractivity contribution is 4.76. The predicted octanol–water partition coefficient (Wildman–Crippen LogP) is 0.395. The summed E-state index contributed by atoms with van der Waals surface area (Å²) in [6.45, 7) is 7.31. The van der Waals surface area contributed by atoms with Crippen LogP contribution in [0.15, 0.2) is 0 Å². The molecule has 1 N–H and O–H groups in total. The smallest absolute Gasteiger partial charge is 0.0431 e. The highest BCUT2D eigenvalue weighted by Gasteiger charge is 2.19. The van der Waals surface area contributed by atoms with Gasteiger partial charge in [-0.05, 0) is 33.4 Å². The van der Waals surface area contributed by atoms with E-state index >= 15 is 0 Å². The van der Waals surface area contributed by atoms with Gasteiger partial charge in [0, 0.05) is 32.3 Å². The number of hydrogen-bond donors (Lipinski definition) is 1. The molecule has 0 bridgehead atoms. The van der Waals surface area contributed by atoms with Gasteiger partial charge in [0.2, 0.25) is 0 Å². The third kappa shape index (κ3) is 3.63. The molecule has 0 saturated carbocycles. The zero-order valence-electron chi connectivity index (χ0n) is 8.87. The average Bonchev–Trinajstić information content (AvgIpc) is 2.12. The Labute approximate surface area is 81.3 Å². The summed E-state index contributed by atoms with van der Waals surface area (Å²) in [5.74, 6) is 0. The predicted molar refractivity (Wildman–Crippen MR) is 54.9 cm³/mol. The molecule has 1 unspecified atom stereocenters. The number of unbranched alkanes of at least 4 members (excludes halogenated alkanes) is 1. The highest BCUT2D eigenvalue weighted by atomic mass is 16.2. The van der Waals surface area contributed by atoms with Gasteiger partial charge in [-0.2, -0.15) is 0 Å². The van der Waals surface area contributed by atoms with Crippen molar-refractivity contribution in [1.82, 2.24) is 9.80 Å². The number of hydrogen-bond acceptors (Lipinski definition) is 3. The first-order valence-corrected chi connectivity index (χ1v) is 5.27. The van der Waals surface area contributed by atoms with E-state index in [-0.39, 0.29) is 0 Å². The van der Waals surface area contributed by atoms with Crippen molar-refractivity contribution < 1.29 is 5.11 Å². The molecule has 0 aromatic heterocycles. The lowest BCUT2D eigenvalue weighted by molar-refractivity contribution is 0.102. The van der Waals surface area contributed by atoms with Gasteiger partial charge in [0.15, 0.2) is 0 Å². The van der Waals surface area contributed by atoms with Crippen LogP contribution in [0.5, 0.6) is 0 Å². The van der Waals surface area contributed by atoms with Crippen LogP contribution >= 0.6 is 0 Å². The van der Waals surface area contributed by atoms with E-state index in [4.69, 9.17) is 5.11 Å². The topological polar surface area (TPSA) is 26.7 Å². The number of aliphatic hydroxyl groups is 1. The molecular weight excluding hydrogens is 164 g/mol. The van der Waals surface area contributed by atoms with Gasteiger partial charge in [0.25, 0.3) is 0 Å². The monoisotopic (exact) mass is 186 g/mol. The van der Waals surface area contributed by atoms with Crippen LogP contribution in [-0.2, 0) is 0 Å². The van der Waals surface area contributed by atoms with Crippen molar-refractivity contribution in [1.29, 1.82) is 0 Å². The van der Waals surface area contributed by atoms with Gasteiger partial charge >= 0.3 is 0 Å². The van der Waals surface area contributed by atoms with Gasteiger partial charge < -0.3 is 14.9 Å². The SMILES string of the molecule is CC1CN(CCCCO)CCN1C. The molecular formula is C10H22N2O. The molecule has 1 aliphatic rings. The van der Waals surface area contributed by atoms with E-state index in [1.807, 2.05) is 0 Å². The molecule has 3 nitrogen and oxygen atoms in total. The van der Waals surface area contributed by atoms with Crippen LogP contribution in [0.2, 0.25) is 0 Å². The fraction of sp³-hybridized carbons (Fsp3) is 1.00. The Balaban J connectivity index is 2.14. The summed E-state index contributed by atoms with van der Waals surface area (Å²) in [6.07, 6.45) is 2.08. The quantitative estimate of drug-likeness (QED) is 0.644. The Morgan fingerprint density at radius 1 is 1.31 bits per heavy atom. The number of nitrogens with zero attached hydrogens (tertiary/aromatic N) is 2. The Morgan fingerprint density at radius 3 is 2.69 bits per heavy atom. The van der Waals surface area contributed by atoms with E-state index in [2.05, 4.69) is 23.8 Å². The van der Waals surface area contributed by atoms with E-state index in [1.54, 1.807) is 0 Å². The maximum atomic E-state index is 8.66. The lowest BCUT2D eigenvalue weighted by Gasteiger charge is -2.37. The highest BCUT2D eigenvalue weighted by Crippen LogP contribution is 2.07. The van der Waals surface area contributed by atoms with E-state index in [1.165, 1.54) is 19.6 Å². The minimum Gasteiger partial charge on any atom is -0.396 e. The van der Waals surface area contributed by atoms with Gasteiger partial charge in [-0.25, -0.2) is 0 Å². The molecule has 78 valence electrons. The zero-order valence-corrected chi connectivity index (χ0v) is 8.87. The number of rotatable bonds is 4. The summed E-state index contributed by atoms with van der Waals surface area (Å²) in [6, 6.07) is 0.683. The average molecular weight is 186 g/mol. The number of aliphatic hydroxyl groups excluding tert-OH is 1. The summed E-state index contributed by atoms with van der Waals surface area (Å²) in [5, 5.41) is 8.66. The van der Waals surface area contributed by atoms with Crippen molar-refractivity contribution >= 4 is 0 Å². The minimum atomic E-state index is 0.337. The van der Waals surface area contributed by atoms with Gasteiger partial charge in [-0.3, -0.25) is 0 Å². The Kier molecular flexibility index (Phi) is 4.70. The van der Waals surface area contributed by atoms with Gasteiger partial charge in [0.05, 0.1) is 0 Å². The molecule has 1 atom stereocenters. The van der Waals surface area contributed by atoms with Crippen molar-refractivity contribution in [2.75, 3.05) is 39.8 Å². The molecule has 13 heavy (non-hydrogen) atoms. The molecule has 1 saturated heterocycles. The number of likely N-dealkylation sites (N-methyl/N-ethyl adjacent to an activating group) is 1. The van der Waals surface area contributed by atoms with Crippen molar-refractivity contribution in [3.05, 3.63) is 0 Å². The second kappa shape index (κ2) is 5.58. The lowest BCUT2D eigenvalue weighted by atomic mass is 10.2. The first-order valence-electron chi connectivity index (χ1n) is 5.27. The lowest BCUT2D eigenvalue weighted by Crippen LogP contribution is -2.50. The van der Waals surface area contributed by atoms with Crippen LogP contribution in [0.3, 0.4) is 0 Å². The third-order valence-electron chi connectivity index (χ3n) is 2.93. The largest absolute Gasteiger partial charge is 0.396 e. The maximum absolute atomic E-state index is 8.66. The molecule has 3 heteroatoms. The second-order valence-corrected chi connectivity index (χ2v) is 4.06. The van der Waals surface area contributed by atoms with Crippen LogP contribution in [0.4, 0.5) is 0 Å². The molecule has 0 aromatic carbocycles. The zero-order chi connectivity index (χ0) is 9.68.